The standard InChI is InChI=1S/C56H69N11O10/c1-30-32(3)46(57)53(72-34(30)5)75-48-35(6)73-55(52(48)70-28-37-19-11-8-12-20-37)77-51-49(69-27-36-17-9-7-10-18-36)43(62-65-58)25-44(63-66-59)50(51)76-54-47(64-67-60)33(4)31(2)45(74-54)26-61-56(68)71-29-42-40-23-15-13-21-38(40)39-22-14-16-24-41(39)42/h7-24,30-35,42-55H,25-29,57H2,1-6H3,(H,61,68). The van der Waals surface area contributed by atoms with E-state index in [-0.39, 0.29) is 68.5 Å². The van der Waals surface area contributed by atoms with Gasteiger partial charge in [-0.25, -0.2) is 4.79 Å². The zero-order chi connectivity index (χ0) is 54.2. The number of nitrogens with zero attached hydrogens (tertiary/aromatic N) is 9. The fraction of sp³-hybridized carbons (Fsp3) is 0.554. The first-order chi connectivity index (χ1) is 37.4. The monoisotopic (exact) mass is 1060 g/mol. The van der Waals surface area contributed by atoms with Gasteiger partial charge in [0.2, 0.25) is 0 Å². The summed E-state index contributed by atoms with van der Waals surface area (Å²) in [6.45, 7) is 12.2. The smallest absolute Gasteiger partial charge is 0.407 e. The van der Waals surface area contributed by atoms with Crippen LogP contribution in [0.15, 0.2) is 125 Å². The number of carbonyl (C=O) groups excluding carboxylic acids is 1. The molecule has 4 aromatic carbocycles. The second-order valence-corrected chi connectivity index (χ2v) is 21.0. The normalized spacial score (nSPS) is 34.6. The topological polar surface area (TPSA) is 284 Å². The lowest BCUT2D eigenvalue weighted by atomic mass is 9.81. The summed E-state index contributed by atoms with van der Waals surface area (Å²) in [6.07, 6.45) is -10.6. The lowest BCUT2D eigenvalue weighted by Crippen LogP contribution is -2.62. The third-order valence-electron chi connectivity index (χ3n) is 16.5. The minimum absolute atomic E-state index is 0.0115. The number of amides is 1. The maximum Gasteiger partial charge on any atom is 0.407 e. The average Bonchev–Trinajstić information content (AvgIpc) is 3.94. The highest BCUT2D eigenvalue weighted by molar-refractivity contribution is 5.79. The van der Waals surface area contributed by atoms with Crippen molar-refractivity contribution in [2.24, 2.45) is 44.7 Å². The van der Waals surface area contributed by atoms with Crippen molar-refractivity contribution in [2.45, 2.75) is 159 Å². The molecule has 3 saturated heterocycles. The maximum atomic E-state index is 13.6. The predicted molar refractivity (Wildman–Crippen MR) is 283 cm³/mol. The lowest BCUT2D eigenvalue weighted by Gasteiger charge is -2.49. The Morgan fingerprint density at radius 2 is 1.12 bits per heavy atom. The van der Waals surface area contributed by atoms with Gasteiger partial charge in [-0.15, -0.1) is 0 Å². The summed E-state index contributed by atoms with van der Waals surface area (Å²) >= 11 is 0. The van der Waals surface area contributed by atoms with Crippen LogP contribution in [-0.2, 0) is 55.8 Å². The third-order valence-corrected chi connectivity index (χ3v) is 16.5. The van der Waals surface area contributed by atoms with E-state index in [4.69, 9.17) is 48.4 Å². The molecule has 5 aliphatic rings. The van der Waals surface area contributed by atoms with Crippen molar-refractivity contribution in [3.63, 3.8) is 0 Å². The van der Waals surface area contributed by atoms with Crippen LogP contribution in [0.5, 0.6) is 0 Å². The van der Waals surface area contributed by atoms with Gasteiger partial charge in [-0.1, -0.05) is 152 Å². The van der Waals surface area contributed by atoms with Crippen LogP contribution in [-0.4, -0.2) is 111 Å². The van der Waals surface area contributed by atoms with Gasteiger partial charge >= 0.3 is 6.09 Å². The summed E-state index contributed by atoms with van der Waals surface area (Å²) in [5.41, 5.74) is 43.1. The first-order valence-electron chi connectivity index (χ1n) is 26.6. The number of alkyl carbamates (subject to hydrolysis) is 1. The molecule has 9 rings (SSSR count). The van der Waals surface area contributed by atoms with Crippen LogP contribution in [0, 0.1) is 23.7 Å². The van der Waals surface area contributed by atoms with Crippen molar-refractivity contribution < 1.29 is 47.4 Å². The van der Waals surface area contributed by atoms with Gasteiger partial charge in [0.25, 0.3) is 0 Å². The Labute approximate surface area is 448 Å². The van der Waals surface area contributed by atoms with Crippen molar-refractivity contribution in [3.8, 4) is 11.1 Å². The number of rotatable bonds is 19. The lowest BCUT2D eigenvalue weighted by molar-refractivity contribution is -0.302. The molecule has 0 spiro atoms. The number of nitrogens with two attached hydrogens (primary N) is 1. The van der Waals surface area contributed by atoms with E-state index in [1.54, 1.807) is 0 Å². The molecule has 1 saturated carbocycles. The molecule has 21 heteroatoms. The number of hydrogen-bond donors (Lipinski definition) is 2. The summed E-state index contributed by atoms with van der Waals surface area (Å²) in [6, 6.07) is 31.9. The highest BCUT2D eigenvalue weighted by atomic mass is 16.8. The quantitative estimate of drug-likeness (QED) is 0.0506. The highest BCUT2D eigenvalue weighted by Crippen LogP contribution is 2.45. The van der Waals surface area contributed by atoms with Crippen molar-refractivity contribution in [1.29, 1.82) is 0 Å². The van der Waals surface area contributed by atoms with Crippen molar-refractivity contribution in [1.82, 2.24) is 5.32 Å². The molecule has 1 amide bonds. The first-order valence-corrected chi connectivity index (χ1v) is 26.6. The summed E-state index contributed by atoms with van der Waals surface area (Å²) in [7, 11) is 0. The molecule has 0 radical (unpaired) electrons. The first kappa shape index (κ1) is 55.5. The molecular weight excluding hydrogens is 987 g/mol. The maximum absolute atomic E-state index is 13.6. The van der Waals surface area contributed by atoms with Crippen LogP contribution >= 0.6 is 0 Å². The van der Waals surface area contributed by atoms with Gasteiger partial charge in [-0.05, 0) is 93.9 Å². The van der Waals surface area contributed by atoms with Crippen LogP contribution in [0.1, 0.15) is 76.1 Å². The van der Waals surface area contributed by atoms with Gasteiger partial charge in [0.15, 0.2) is 18.9 Å². The molecule has 2 aliphatic carbocycles. The van der Waals surface area contributed by atoms with Gasteiger partial charge < -0.3 is 53.7 Å². The fourth-order valence-corrected chi connectivity index (χ4v) is 11.5. The third kappa shape index (κ3) is 12.4. The van der Waals surface area contributed by atoms with Crippen LogP contribution in [0.4, 0.5) is 4.79 Å². The van der Waals surface area contributed by atoms with Crippen LogP contribution in [0.3, 0.4) is 0 Å². The van der Waals surface area contributed by atoms with Crippen molar-refractivity contribution in [2.75, 3.05) is 13.2 Å². The van der Waals surface area contributed by atoms with E-state index in [9.17, 15) is 21.4 Å². The fourth-order valence-electron chi connectivity index (χ4n) is 11.5. The number of fused-ring (bicyclic) bond motifs is 3. The molecule has 408 valence electrons. The Morgan fingerprint density at radius 3 is 1.73 bits per heavy atom. The minimum Gasteiger partial charge on any atom is -0.449 e. The molecular formula is C56H69N11O10. The molecule has 3 heterocycles. The Kier molecular flexibility index (Phi) is 18.3. The number of benzene rings is 4. The van der Waals surface area contributed by atoms with Gasteiger partial charge in [-0.3, -0.25) is 0 Å². The highest BCUT2D eigenvalue weighted by Gasteiger charge is 2.55. The van der Waals surface area contributed by atoms with Crippen LogP contribution in [0.25, 0.3) is 42.5 Å². The number of azide groups is 3. The predicted octanol–water partition coefficient (Wildman–Crippen LogP) is 10.4. The number of hydrogen-bond acceptors (Lipinski definition) is 14. The Balaban J connectivity index is 1.01. The van der Waals surface area contributed by atoms with E-state index in [1.165, 1.54) is 0 Å². The second kappa shape index (κ2) is 25.5. The van der Waals surface area contributed by atoms with E-state index < -0.39 is 91.9 Å². The molecule has 77 heavy (non-hydrogen) atoms. The molecule has 4 aromatic rings. The van der Waals surface area contributed by atoms with Gasteiger partial charge in [-0.2, -0.15) is 0 Å². The summed E-state index contributed by atoms with van der Waals surface area (Å²) in [5, 5.41) is 15.5. The van der Waals surface area contributed by atoms with Crippen molar-refractivity contribution in [3.05, 3.63) is 163 Å². The summed E-state index contributed by atoms with van der Waals surface area (Å²) < 4.78 is 60.1. The molecule has 3 N–H and O–H groups in total. The molecule has 4 fully saturated rings. The van der Waals surface area contributed by atoms with E-state index >= 15 is 0 Å². The number of nitrogens with one attached hydrogen (secondary N) is 1. The SMILES string of the molecule is CC1OC(OC2C(C)OC(OC3C(OCc4ccccc4)C(N=[N+]=[N-])CC(N=[N+]=[N-])C3OC3OC(CNC(=O)OCC4c5ccccc5-c5ccccc54)C(C)C(C)C3N=[N+]=[N-])C2OCc2ccccc2)C(N)C(C)C1C. The van der Waals surface area contributed by atoms with E-state index in [1.807, 2.05) is 113 Å². The van der Waals surface area contributed by atoms with Crippen LogP contribution in [0.2, 0.25) is 0 Å². The molecule has 0 aromatic heterocycles. The van der Waals surface area contributed by atoms with Crippen LogP contribution < -0.4 is 11.1 Å². The Hall–Kier alpha value is -6.28. The molecule has 21 nitrogen and oxygen atoms in total. The molecule has 19 atom stereocenters. The second-order valence-electron chi connectivity index (χ2n) is 21.0. The summed E-state index contributed by atoms with van der Waals surface area (Å²) in [4.78, 5) is 23.2. The van der Waals surface area contributed by atoms with Crippen molar-refractivity contribution >= 4 is 6.09 Å². The number of carbonyl (C=O) groups is 1. The minimum atomic E-state index is -1.29. The van der Waals surface area contributed by atoms with E-state index in [0.717, 1.165) is 33.4 Å². The van der Waals surface area contributed by atoms with E-state index in [2.05, 4.69) is 73.5 Å². The molecule has 0 bridgehead atoms. The zero-order valence-electron chi connectivity index (χ0n) is 44.2. The van der Waals surface area contributed by atoms with E-state index in [0.29, 0.717) is 0 Å². The van der Waals surface area contributed by atoms with Gasteiger partial charge in [0.1, 0.15) is 24.9 Å². The summed E-state index contributed by atoms with van der Waals surface area (Å²) in [5.74, 6) is -0.532. The molecule has 3 aliphatic heterocycles. The Bertz CT molecular complexity index is 2720. The zero-order valence-corrected chi connectivity index (χ0v) is 44.2. The average molecular weight is 1060 g/mol. The molecule has 19 unspecified atom stereocenters. The van der Waals surface area contributed by atoms with Gasteiger partial charge in [0, 0.05) is 27.2 Å². The van der Waals surface area contributed by atoms with Gasteiger partial charge in [0.05, 0.1) is 67.9 Å². The number of ether oxygens (including phenoxy) is 9. The Morgan fingerprint density at radius 1 is 0.584 bits per heavy atom. The largest absolute Gasteiger partial charge is 0.449 e.